The van der Waals surface area contributed by atoms with Crippen LogP contribution in [0.1, 0.15) is 18.4 Å². The van der Waals surface area contributed by atoms with Gasteiger partial charge in [-0.15, -0.1) is 11.8 Å². The van der Waals surface area contributed by atoms with Crippen LogP contribution in [0.25, 0.3) is 10.2 Å². The molecule has 4 nitrogen and oxygen atoms in total. The van der Waals surface area contributed by atoms with E-state index >= 15 is 0 Å². The number of rotatable bonds is 8. The average Bonchev–Trinajstić information content (AvgIpc) is 3.21. The Morgan fingerprint density at radius 1 is 1.06 bits per heavy atom. The summed E-state index contributed by atoms with van der Waals surface area (Å²) in [4.78, 5) is 23.8. The standard InChI is InChI=1S/C23H18F3N3OS2/c24-16-5-7-18(8-6-16)31-10-2-4-21(30)29(14-15-3-1-9-27-13-15)23-28-22-19(26)11-17(25)12-20(22)32-23/h1,3,5-9,11-13H,2,4,10,14H2. The second-order valence-corrected chi connectivity index (χ2v) is 9.16. The van der Waals surface area contributed by atoms with E-state index in [-0.39, 0.29) is 30.2 Å². The highest BCUT2D eigenvalue weighted by Gasteiger charge is 2.21. The molecule has 2 aromatic heterocycles. The molecule has 9 heteroatoms. The van der Waals surface area contributed by atoms with Crippen LogP contribution >= 0.6 is 23.1 Å². The normalized spacial score (nSPS) is 11.1. The van der Waals surface area contributed by atoms with Crippen molar-refractivity contribution in [2.75, 3.05) is 10.7 Å². The first-order chi connectivity index (χ1) is 15.5. The number of aromatic nitrogens is 2. The van der Waals surface area contributed by atoms with Gasteiger partial charge >= 0.3 is 0 Å². The van der Waals surface area contributed by atoms with E-state index < -0.39 is 11.6 Å². The van der Waals surface area contributed by atoms with Crippen LogP contribution in [0.4, 0.5) is 18.3 Å². The molecule has 4 rings (SSSR count). The Morgan fingerprint density at radius 2 is 1.88 bits per heavy atom. The van der Waals surface area contributed by atoms with Crippen molar-refractivity contribution in [3.05, 3.63) is 83.9 Å². The third-order valence-corrected chi connectivity index (χ3v) is 6.74. The molecule has 2 aromatic carbocycles. The van der Waals surface area contributed by atoms with E-state index in [0.717, 1.165) is 27.9 Å². The average molecular weight is 474 g/mol. The van der Waals surface area contributed by atoms with E-state index in [1.165, 1.54) is 34.9 Å². The van der Waals surface area contributed by atoms with Crippen molar-refractivity contribution in [2.45, 2.75) is 24.3 Å². The van der Waals surface area contributed by atoms with E-state index in [9.17, 15) is 18.0 Å². The largest absolute Gasteiger partial charge is 0.284 e. The summed E-state index contributed by atoms with van der Waals surface area (Å²) >= 11 is 2.61. The fourth-order valence-corrected chi connectivity index (χ4v) is 4.95. The molecule has 0 aliphatic rings. The smallest absolute Gasteiger partial charge is 0.229 e. The minimum Gasteiger partial charge on any atom is -0.284 e. The fraction of sp³-hybridized carbons (Fsp3) is 0.174. The molecule has 4 aromatic rings. The number of fused-ring (bicyclic) bond motifs is 1. The number of thioether (sulfide) groups is 1. The predicted molar refractivity (Wildman–Crippen MR) is 121 cm³/mol. The number of benzene rings is 2. The van der Waals surface area contributed by atoms with Gasteiger partial charge in [-0.25, -0.2) is 18.2 Å². The van der Waals surface area contributed by atoms with E-state index in [0.29, 0.717) is 22.0 Å². The number of halogens is 3. The van der Waals surface area contributed by atoms with Crippen molar-refractivity contribution in [3.63, 3.8) is 0 Å². The van der Waals surface area contributed by atoms with E-state index in [4.69, 9.17) is 0 Å². The molecule has 0 radical (unpaired) electrons. The van der Waals surface area contributed by atoms with Gasteiger partial charge in [-0.2, -0.15) is 0 Å². The highest BCUT2D eigenvalue weighted by molar-refractivity contribution is 7.99. The molecule has 0 fully saturated rings. The van der Waals surface area contributed by atoms with Gasteiger partial charge in [0.05, 0.1) is 11.2 Å². The van der Waals surface area contributed by atoms with Crippen LogP contribution in [0.15, 0.2) is 65.8 Å². The Morgan fingerprint density at radius 3 is 2.62 bits per heavy atom. The van der Waals surface area contributed by atoms with Gasteiger partial charge < -0.3 is 0 Å². The van der Waals surface area contributed by atoms with Crippen LogP contribution in [0.5, 0.6) is 0 Å². The van der Waals surface area contributed by atoms with Crippen LogP contribution in [0, 0.1) is 17.5 Å². The molecule has 0 saturated carbocycles. The van der Waals surface area contributed by atoms with Crippen LogP contribution < -0.4 is 4.90 Å². The van der Waals surface area contributed by atoms with Crippen LogP contribution in [0.2, 0.25) is 0 Å². The maximum absolute atomic E-state index is 14.2. The van der Waals surface area contributed by atoms with Crippen LogP contribution in [0.3, 0.4) is 0 Å². The lowest BCUT2D eigenvalue weighted by molar-refractivity contribution is -0.118. The first kappa shape index (κ1) is 22.3. The van der Waals surface area contributed by atoms with Crippen molar-refractivity contribution in [1.29, 1.82) is 0 Å². The summed E-state index contributed by atoms with van der Waals surface area (Å²) in [6.07, 6.45) is 4.13. The van der Waals surface area contributed by atoms with Crippen LogP contribution in [-0.4, -0.2) is 21.6 Å². The molecule has 0 aliphatic heterocycles. The summed E-state index contributed by atoms with van der Waals surface area (Å²) in [7, 11) is 0. The quantitative estimate of drug-likeness (QED) is 0.225. The molecule has 0 N–H and O–H groups in total. The second-order valence-electron chi connectivity index (χ2n) is 6.98. The van der Waals surface area contributed by atoms with Crippen molar-refractivity contribution in [3.8, 4) is 0 Å². The van der Waals surface area contributed by atoms with Gasteiger partial charge in [0.2, 0.25) is 5.91 Å². The van der Waals surface area contributed by atoms with Crippen molar-refractivity contribution >= 4 is 44.4 Å². The summed E-state index contributed by atoms with van der Waals surface area (Å²) in [6, 6.07) is 11.8. The highest BCUT2D eigenvalue weighted by Crippen LogP contribution is 2.32. The number of nitrogens with zero attached hydrogens (tertiary/aromatic N) is 3. The highest BCUT2D eigenvalue weighted by atomic mass is 32.2. The summed E-state index contributed by atoms with van der Waals surface area (Å²) in [5.74, 6) is -1.23. The fourth-order valence-electron chi connectivity index (χ4n) is 3.08. The molecule has 32 heavy (non-hydrogen) atoms. The Kier molecular flexibility index (Phi) is 7.06. The van der Waals surface area contributed by atoms with Gasteiger partial charge in [0, 0.05) is 29.8 Å². The van der Waals surface area contributed by atoms with Crippen molar-refractivity contribution < 1.29 is 18.0 Å². The lowest BCUT2D eigenvalue weighted by Crippen LogP contribution is -2.30. The Bertz CT molecular complexity index is 1220. The van der Waals surface area contributed by atoms with E-state index in [1.807, 2.05) is 6.07 Å². The Hall–Kier alpha value is -2.91. The van der Waals surface area contributed by atoms with Gasteiger partial charge in [-0.1, -0.05) is 17.4 Å². The van der Waals surface area contributed by atoms with Crippen molar-refractivity contribution in [1.82, 2.24) is 9.97 Å². The number of pyridine rings is 1. The lowest BCUT2D eigenvalue weighted by atomic mass is 10.2. The van der Waals surface area contributed by atoms with Gasteiger partial charge in [0.1, 0.15) is 17.2 Å². The maximum Gasteiger partial charge on any atom is 0.229 e. The molecule has 0 bridgehead atoms. The lowest BCUT2D eigenvalue weighted by Gasteiger charge is -2.20. The number of thiazole rings is 1. The molecule has 0 aliphatic carbocycles. The monoisotopic (exact) mass is 473 g/mol. The summed E-state index contributed by atoms with van der Waals surface area (Å²) < 4.78 is 41.1. The zero-order chi connectivity index (χ0) is 22.5. The Balaban J connectivity index is 1.49. The number of anilines is 1. The first-order valence-electron chi connectivity index (χ1n) is 9.83. The van der Waals surface area contributed by atoms with Gasteiger partial charge in [0.15, 0.2) is 10.9 Å². The van der Waals surface area contributed by atoms with Gasteiger partial charge in [-0.3, -0.25) is 14.7 Å². The number of amides is 1. The first-order valence-corrected chi connectivity index (χ1v) is 11.6. The van der Waals surface area contributed by atoms with Crippen LogP contribution in [-0.2, 0) is 11.3 Å². The zero-order valence-corrected chi connectivity index (χ0v) is 18.4. The minimum absolute atomic E-state index is 0.0438. The Labute approximate surface area is 191 Å². The summed E-state index contributed by atoms with van der Waals surface area (Å²) in [6.45, 7) is 0.224. The minimum atomic E-state index is -0.757. The molecule has 1 amide bonds. The topological polar surface area (TPSA) is 46.1 Å². The van der Waals surface area contributed by atoms with Crippen molar-refractivity contribution in [2.24, 2.45) is 0 Å². The number of carbonyl (C=O) groups is 1. The molecule has 0 spiro atoms. The number of hydrogen-bond acceptors (Lipinski definition) is 5. The third-order valence-electron chi connectivity index (χ3n) is 4.61. The third kappa shape index (κ3) is 5.46. The molecule has 0 unspecified atom stereocenters. The predicted octanol–water partition coefficient (Wildman–Crippen LogP) is 6.21. The molecular formula is C23H18F3N3OS2. The number of carbonyl (C=O) groups excluding carboxylic acids is 1. The van der Waals surface area contributed by atoms with E-state index in [1.54, 1.807) is 30.6 Å². The molecule has 164 valence electrons. The molecule has 0 saturated heterocycles. The molecular weight excluding hydrogens is 455 g/mol. The molecule has 2 heterocycles. The maximum atomic E-state index is 14.2. The van der Waals surface area contributed by atoms with Gasteiger partial charge in [0.25, 0.3) is 0 Å². The zero-order valence-electron chi connectivity index (χ0n) is 16.8. The summed E-state index contributed by atoms with van der Waals surface area (Å²) in [5, 5.41) is 0.310. The summed E-state index contributed by atoms with van der Waals surface area (Å²) in [5.41, 5.74) is 0.842. The van der Waals surface area contributed by atoms with E-state index in [2.05, 4.69) is 9.97 Å². The SMILES string of the molecule is O=C(CCCSc1ccc(F)cc1)N(Cc1cccnc1)c1nc2c(F)cc(F)cc2s1. The van der Waals surface area contributed by atoms with Gasteiger partial charge in [-0.05, 0) is 54.1 Å². The molecule has 0 atom stereocenters. The second kappa shape index (κ2) is 10.1. The number of hydrogen-bond donors (Lipinski definition) is 0.